The number of hydrogen-bond acceptors (Lipinski definition) is 3. The van der Waals surface area contributed by atoms with Crippen LogP contribution in [-0.4, -0.2) is 36.0 Å². The van der Waals surface area contributed by atoms with Crippen molar-refractivity contribution < 1.29 is 27.9 Å². The predicted molar refractivity (Wildman–Crippen MR) is 86.1 cm³/mol. The van der Waals surface area contributed by atoms with Crippen LogP contribution < -0.4 is 5.32 Å². The molecular weight excluding hydrogens is 337 g/mol. The molecule has 0 aliphatic heterocycles. The minimum atomic E-state index is -4.80. The Kier molecular flexibility index (Phi) is 5.01. The third-order valence-corrected chi connectivity index (χ3v) is 3.38. The van der Waals surface area contributed by atoms with Gasteiger partial charge in [-0.25, -0.2) is 4.79 Å². The van der Waals surface area contributed by atoms with Crippen LogP contribution in [0.1, 0.15) is 26.3 Å². The third-order valence-electron chi connectivity index (χ3n) is 3.38. The second kappa shape index (κ2) is 6.84. The fourth-order valence-electron chi connectivity index (χ4n) is 2.27. The molecule has 0 aliphatic carbocycles. The molecule has 0 atom stereocenters. The molecule has 2 rings (SSSR count). The van der Waals surface area contributed by atoms with Gasteiger partial charge in [-0.1, -0.05) is 12.1 Å². The van der Waals surface area contributed by atoms with E-state index in [1.165, 1.54) is 23.1 Å². The number of anilines is 2. The highest BCUT2D eigenvalue weighted by Gasteiger charge is 2.36. The summed E-state index contributed by atoms with van der Waals surface area (Å²) in [5.74, 6) is -1.98. The molecule has 0 heterocycles. The van der Waals surface area contributed by atoms with Gasteiger partial charge < -0.3 is 15.3 Å². The molecule has 0 bridgehead atoms. The Morgan fingerprint density at radius 2 is 1.72 bits per heavy atom. The zero-order valence-electron chi connectivity index (χ0n) is 13.4. The van der Waals surface area contributed by atoms with Gasteiger partial charge in [0.25, 0.3) is 5.91 Å². The normalized spacial score (nSPS) is 11.1. The van der Waals surface area contributed by atoms with Crippen LogP contribution in [0, 0.1) is 0 Å². The van der Waals surface area contributed by atoms with Gasteiger partial charge in [-0.2, -0.15) is 13.2 Å². The Hall–Kier alpha value is -3.03. The molecule has 0 aliphatic rings. The summed E-state index contributed by atoms with van der Waals surface area (Å²) in [4.78, 5) is 24.7. The first-order chi connectivity index (χ1) is 11.6. The number of carboxylic acids is 1. The number of amides is 1. The van der Waals surface area contributed by atoms with Crippen LogP contribution in [0.15, 0.2) is 42.5 Å². The van der Waals surface area contributed by atoms with Crippen molar-refractivity contribution in [2.45, 2.75) is 6.18 Å². The molecule has 25 heavy (non-hydrogen) atoms. The minimum absolute atomic E-state index is 0.211. The number of nitrogens with one attached hydrogen (secondary N) is 1. The van der Waals surface area contributed by atoms with Gasteiger partial charge in [0, 0.05) is 25.3 Å². The van der Waals surface area contributed by atoms with Gasteiger partial charge in [0.1, 0.15) is 0 Å². The molecule has 0 radical (unpaired) electrons. The van der Waals surface area contributed by atoms with Gasteiger partial charge in [-0.3, -0.25) is 4.79 Å². The summed E-state index contributed by atoms with van der Waals surface area (Å²) in [6.45, 7) is 0. The molecule has 5 nitrogen and oxygen atoms in total. The van der Waals surface area contributed by atoms with E-state index < -0.39 is 23.3 Å². The quantitative estimate of drug-likeness (QED) is 0.877. The van der Waals surface area contributed by atoms with Gasteiger partial charge in [-0.05, 0) is 30.3 Å². The van der Waals surface area contributed by atoms with Crippen molar-refractivity contribution in [3.63, 3.8) is 0 Å². The molecule has 2 aromatic rings. The van der Waals surface area contributed by atoms with Crippen molar-refractivity contribution in [2.24, 2.45) is 0 Å². The van der Waals surface area contributed by atoms with E-state index in [9.17, 15) is 27.9 Å². The van der Waals surface area contributed by atoms with Gasteiger partial charge in [0.05, 0.1) is 16.8 Å². The van der Waals surface area contributed by atoms with E-state index in [-0.39, 0.29) is 11.6 Å². The first kappa shape index (κ1) is 18.3. The molecule has 2 N–H and O–H groups in total. The smallest absolute Gasteiger partial charge is 0.417 e. The summed E-state index contributed by atoms with van der Waals surface area (Å²) in [6, 6.07) is 9.13. The SMILES string of the molecule is CN(C)C(=O)c1cccc(Nc2cccc(C(F)(F)F)c2C(=O)O)c1. The van der Waals surface area contributed by atoms with Crippen LogP contribution in [0.4, 0.5) is 24.5 Å². The Balaban J connectivity index is 2.46. The van der Waals surface area contributed by atoms with Crippen molar-refractivity contribution in [2.75, 3.05) is 19.4 Å². The van der Waals surface area contributed by atoms with Crippen LogP contribution in [0.25, 0.3) is 0 Å². The number of aromatic carboxylic acids is 1. The van der Waals surface area contributed by atoms with Crippen LogP contribution in [-0.2, 0) is 6.18 Å². The summed E-state index contributed by atoms with van der Waals surface area (Å²) in [5, 5.41) is 11.9. The zero-order chi connectivity index (χ0) is 18.8. The predicted octanol–water partition coefficient (Wildman–Crippen LogP) is 3.85. The first-order valence-electron chi connectivity index (χ1n) is 7.13. The summed E-state index contributed by atoms with van der Waals surface area (Å²) >= 11 is 0. The second-order valence-corrected chi connectivity index (χ2v) is 5.44. The summed E-state index contributed by atoms with van der Waals surface area (Å²) in [7, 11) is 3.13. The van der Waals surface area contributed by atoms with E-state index in [1.807, 2.05) is 0 Å². The summed E-state index contributed by atoms with van der Waals surface area (Å²) < 4.78 is 39.1. The first-order valence-corrected chi connectivity index (χ1v) is 7.13. The minimum Gasteiger partial charge on any atom is -0.478 e. The van der Waals surface area contributed by atoms with Gasteiger partial charge in [-0.15, -0.1) is 0 Å². The molecule has 0 saturated carbocycles. The monoisotopic (exact) mass is 352 g/mol. The van der Waals surface area contributed by atoms with Crippen LogP contribution >= 0.6 is 0 Å². The maximum absolute atomic E-state index is 13.0. The van der Waals surface area contributed by atoms with E-state index in [1.54, 1.807) is 26.2 Å². The third kappa shape index (κ3) is 4.09. The molecule has 0 unspecified atom stereocenters. The average molecular weight is 352 g/mol. The highest BCUT2D eigenvalue weighted by Crippen LogP contribution is 2.36. The van der Waals surface area contributed by atoms with E-state index in [2.05, 4.69) is 5.32 Å². The number of carbonyl (C=O) groups is 2. The van der Waals surface area contributed by atoms with Crippen LogP contribution in [0.5, 0.6) is 0 Å². The second-order valence-electron chi connectivity index (χ2n) is 5.44. The van der Waals surface area contributed by atoms with Gasteiger partial charge in [0.2, 0.25) is 0 Å². The summed E-state index contributed by atoms with van der Waals surface area (Å²) in [5.41, 5.74) is -1.71. The Morgan fingerprint density at radius 3 is 2.28 bits per heavy atom. The number of carboxylic acid groups (broad SMARTS) is 1. The fraction of sp³-hybridized carbons (Fsp3) is 0.176. The van der Waals surface area contributed by atoms with Crippen molar-refractivity contribution in [3.05, 3.63) is 59.2 Å². The number of halogens is 3. The Labute approximate surface area is 141 Å². The highest BCUT2D eigenvalue weighted by molar-refractivity contribution is 5.98. The van der Waals surface area contributed by atoms with E-state index in [0.717, 1.165) is 6.07 Å². The van der Waals surface area contributed by atoms with E-state index >= 15 is 0 Å². The average Bonchev–Trinajstić information content (AvgIpc) is 2.53. The number of nitrogens with zero attached hydrogens (tertiary/aromatic N) is 1. The van der Waals surface area contributed by atoms with Crippen molar-refractivity contribution in [1.29, 1.82) is 0 Å². The molecule has 0 saturated heterocycles. The van der Waals surface area contributed by atoms with E-state index in [0.29, 0.717) is 17.3 Å². The number of carbonyl (C=O) groups excluding carboxylic acids is 1. The molecule has 0 spiro atoms. The lowest BCUT2D eigenvalue weighted by molar-refractivity contribution is -0.138. The largest absolute Gasteiger partial charge is 0.478 e. The van der Waals surface area contributed by atoms with Crippen molar-refractivity contribution in [1.82, 2.24) is 4.90 Å². The number of hydrogen-bond donors (Lipinski definition) is 2. The zero-order valence-corrected chi connectivity index (χ0v) is 13.4. The lowest BCUT2D eigenvalue weighted by Gasteiger charge is -2.16. The van der Waals surface area contributed by atoms with E-state index in [4.69, 9.17) is 0 Å². The lowest BCUT2D eigenvalue weighted by Crippen LogP contribution is -2.21. The highest BCUT2D eigenvalue weighted by atomic mass is 19.4. The molecule has 2 aromatic carbocycles. The maximum Gasteiger partial charge on any atom is 0.417 e. The molecule has 0 aromatic heterocycles. The number of rotatable bonds is 4. The molecular formula is C17H15F3N2O3. The topological polar surface area (TPSA) is 69.6 Å². The molecule has 8 heteroatoms. The Bertz CT molecular complexity index is 817. The van der Waals surface area contributed by atoms with Crippen molar-refractivity contribution >= 4 is 23.3 Å². The summed E-state index contributed by atoms with van der Waals surface area (Å²) in [6.07, 6.45) is -4.80. The molecule has 0 fully saturated rings. The fourth-order valence-corrected chi connectivity index (χ4v) is 2.27. The Morgan fingerprint density at radius 1 is 1.08 bits per heavy atom. The van der Waals surface area contributed by atoms with Crippen molar-refractivity contribution in [3.8, 4) is 0 Å². The standard InChI is InChI=1S/C17H15F3N2O3/c1-22(2)15(23)10-5-3-6-11(9-10)21-13-8-4-7-12(17(18,19)20)14(13)16(24)25/h3-9,21H,1-2H3,(H,24,25). The number of benzene rings is 2. The van der Waals surface area contributed by atoms with Gasteiger partial charge >= 0.3 is 12.1 Å². The van der Waals surface area contributed by atoms with Gasteiger partial charge in [0.15, 0.2) is 0 Å². The lowest BCUT2D eigenvalue weighted by atomic mass is 10.0. The molecule has 132 valence electrons. The van der Waals surface area contributed by atoms with Crippen LogP contribution in [0.3, 0.4) is 0 Å². The number of alkyl halides is 3. The maximum atomic E-state index is 13.0. The van der Waals surface area contributed by atoms with Crippen LogP contribution in [0.2, 0.25) is 0 Å². The molecule has 1 amide bonds.